The maximum atomic E-state index is 11.3. The Morgan fingerprint density at radius 2 is 1.80 bits per heavy atom. The van der Waals surface area contributed by atoms with Gasteiger partial charge in [-0.2, -0.15) is 0 Å². The van der Waals surface area contributed by atoms with Gasteiger partial charge in [0.05, 0.1) is 0 Å². The fourth-order valence-electron chi connectivity index (χ4n) is 1.85. The molecular formula is C12H25NO2. The SMILES string of the molecule is CCC(C)(C(=O)O)N(CC(C)C)C(C)C. The molecule has 0 saturated heterocycles. The van der Waals surface area contributed by atoms with Crippen LogP contribution in [0.1, 0.15) is 48.0 Å². The Bertz CT molecular complexity index is 214. The molecule has 0 fully saturated rings. The third-order valence-corrected chi connectivity index (χ3v) is 2.97. The van der Waals surface area contributed by atoms with Crippen LogP contribution in [-0.2, 0) is 4.79 Å². The topological polar surface area (TPSA) is 40.5 Å². The Balaban J connectivity index is 4.94. The number of carbonyl (C=O) groups is 1. The largest absolute Gasteiger partial charge is 0.480 e. The minimum atomic E-state index is -0.738. The van der Waals surface area contributed by atoms with Gasteiger partial charge in [-0.05, 0) is 33.1 Å². The van der Waals surface area contributed by atoms with Crippen molar-refractivity contribution in [2.24, 2.45) is 5.92 Å². The highest BCUT2D eigenvalue weighted by atomic mass is 16.4. The van der Waals surface area contributed by atoms with Gasteiger partial charge in [0.1, 0.15) is 5.54 Å². The summed E-state index contributed by atoms with van der Waals surface area (Å²) in [6, 6.07) is 0.258. The standard InChI is InChI=1S/C12H25NO2/c1-7-12(6,11(14)15)13(10(4)5)8-9(2)3/h9-10H,7-8H2,1-6H3,(H,14,15). The molecule has 0 bridgehead atoms. The average molecular weight is 215 g/mol. The van der Waals surface area contributed by atoms with E-state index in [-0.39, 0.29) is 6.04 Å². The van der Waals surface area contributed by atoms with Crippen LogP contribution in [-0.4, -0.2) is 34.1 Å². The molecule has 1 atom stereocenters. The molecule has 1 N–H and O–H groups in total. The van der Waals surface area contributed by atoms with Gasteiger partial charge in [-0.25, -0.2) is 0 Å². The van der Waals surface area contributed by atoms with E-state index in [1.807, 2.05) is 13.8 Å². The van der Waals surface area contributed by atoms with Gasteiger partial charge in [-0.1, -0.05) is 20.8 Å². The molecule has 3 nitrogen and oxygen atoms in total. The monoisotopic (exact) mass is 215 g/mol. The third-order valence-electron chi connectivity index (χ3n) is 2.97. The first kappa shape index (κ1) is 14.4. The van der Waals surface area contributed by atoms with Crippen LogP contribution in [0.2, 0.25) is 0 Å². The smallest absolute Gasteiger partial charge is 0.323 e. The van der Waals surface area contributed by atoms with Crippen molar-refractivity contribution >= 4 is 5.97 Å². The number of aliphatic carboxylic acids is 1. The van der Waals surface area contributed by atoms with Crippen molar-refractivity contribution in [3.63, 3.8) is 0 Å². The zero-order valence-corrected chi connectivity index (χ0v) is 10.9. The highest BCUT2D eigenvalue weighted by Gasteiger charge is 2.39. The number of nitrogens with zero attached hydrogens (tertiary/aromatic N) is 1. The van der Waals surface area contributed by atoms with Crippen LogP contribution >= 0.6 is 0 Å². The van der Waals surface area contributed by atoms with E-state index in [1.54, 1.807) is 0 Å². The summed E-state index contributed by atoms with van der Waals surface area (Å²) in [4.78, 5) is 13.4. The second-order valence-corrected chi connectivity index (χ2v) is 5.07. The van der Waals surface area contributed by atoms with E-state index in [0.717, 1.165) is 6.54 Å². The van der Waals surface area contributed by atoms with E-state index >= 15 is 0 Å². The van der Waals surface area contributed by atoms with E-state index in [9.17, 15) is 9.90 Å². The molecule has 0 aliphatic carbocycles. The lowest BCUT2D eigenvalue weighted by Gasteiger charge is -2.41. The first-order valence-electron chi connectivity index (χ1n) is 5.75. The molecule has 90 valence electrons. The number of hydrogen-bond donors (Lipinski definition) is 1. The van der Waals surface area contributed by atoms with Crippen molar-refractivity contribution in [2.75, 3.05) is 6.54 Å². The molecule has 0 spiro atoms. The molecule has 0 aliphatic heterocycles. The van der Waals surface area contributed by atoms with Gasteiger partial charge in [0.15, 0.2) is 0 Å². The predicted molar refractivity (Wildman–Crippen MR) is 63.0 cm³/mol. The van der Waals surface area contributed by atoms with Gasteiger partial charge in [0.2, 0.25) is 0 Å². The van der Waals surface area contributed by atoms with Gasteiger partial charge in [-0.15, -0.1) is 0 Å². The molecule has 15 heavy (non-hydrogen) atoms. The van der Waals surface area contributed by atoms with E-state index in [4.69, 9.17) is 0 Å². The van der Waals surface area contributed by atoms with Crippen molar-refractivity contribution in [1.82, 2.24) is 4.90 Å². The summed E-state index contributed by atoms with van der Waals surface area (Å²) >= 11 is 0. The normalized spacial score (nSPS) is 16.1. The molecule has 0 rings (SSSR count). The van der Waals surface area contributed by atoms with Crippen LogP contribution in [0.25, 0.3) is 0 Å². The van der Waals surface area contributed by atoms with Gasteiger partial charge in [-0.3, -0.25) is 9.69 Å². The zero-order chi connectivity index (χ0) is 12.2. The lowest BCUT2D eigenvalue weighted by Crippen LogP contribution is -2.56. The lowest BCUT2D eigenvalue weighted by molar-refractivity contribution is -0.152. The molecule has 0 saturated carbocycles. The molecular weight excluding hydrogens is 190 g/mol. The summed E-state index contributed by atoms with van der Waals surface area (Å²) in [6.07, 6.45) is 0.632. The van der Waals surface area contributed by atoms with Crippen molar-refractivity contribution in [1.29, 1.82) is 0 Å². The summed E-state index contributed by atoms with van der Waals surface area (Å²) in [5, 5.41) is 9.32. The van der Waals surface area contributed by atoms with Gasteiger partial charge >= 0.3 is 5.97 Å². The summed E-state index contributed by atoms with van der Waals surface area (Å²) in [7, 11) is 0. The Kier molecular flexibility index (Phi) is 5.29. The molecule has 0 amide bonds. The fourth-order valence-corrected chi connectivity index (χ4v) is 1.85. The summed E-state index contributed by atoms with van der Waals surface area (Å²) in [6.45, 7) is 12.9. The highest BCUT2D eigenvalue weighted by molar-refractivity contribution is 5.78. The highest BCUT2D eigenvalue weighted by Crippen LogP contribution is 2.23. The number of carboxylic acid groups (broad SMARTS) is 1. The van der Waals surface area contributed by atoms with E-state index in [2.05, 4.69) is 32.6 Å². The molecule has 0 aromatic carbocycles. The van der Waals surface area contributed by atoms with Crippen LogP contribution in [0, 0.1) is 5.92 Å². The molecule has 0 aromatic rings. The minimum Gasteiger partial charge on any atom is -0.480 e. The average Bonchev–Trinajstić information content (AvgIpc) is 2.12. The number of hydrogen-bond acceptors (Lipinski definition) is 2. The molecule has 0 aromatic heterocycles. The van der Waals surface area contributed by atoms with Crippen molar-refractivity contribution < 1.29 is 9.90 Å². The first-order valence-corrected chi connectivity index (χ1v) is 5.75. The lowest BCUT2D eigenvalue weighted by atomic mass is 9.93. The summed E-state index contributed by atoms with van der Waals surface area (Å²) in [5.74, 6) is -0.239. The maximum absolute atomic E-state index is 11.3. The Hall–Kier alpha value is -0.570. The van der Waals surface area contributed by atoms with Crippen LogP contribution < -0.4 is 0 Å². The maximum Gasteiger partial charge on any atom is 0.323 e. The van der Waals surface area contributed by atoms with Crippen LogP contribution in [0.4, 0.5) is 0 Å². The number of rotatable bonds is 6. The Labute approximate surface area is 93.5 Å². The van der Waals surface area contributed by atoms with Gasteiger partial charge in [0.25, 0.3) is 0 Å². The summed E-state index contributed by atoms with van der Waals surface area (Å²) in [5.41, 5.74) is -0.738. The van der Waals surface area contributed by atoms with E-state index < -0.39 is 11.5 Å². The van der Waals surface area contributed by atoms with Crippen molar-refractivity contribution in [2.45, 2.75) is 59.5 Å². The number of carboxylic acids is 1. The van der Waals surface area contributed by atoms with Gasteiger partial charge in [0, 0.05) is 12.6 Å². The van der Waals surface area contributed by atoms with Crippen LogP contribution in [0.15, 0.2) is 0 Å². The van der Waals surface area contributed by atoms with Crippen molar-refractivity contribution in [3.8, 4) is 0 Å². The predicted octanol–water partition coefficient (Wildman–Crippen LogP) is 2.61. The fraction of sp³-hybridized carbons (Fsp3) is 0.917. The molecule has 3 heteroatoms. The zero-order valence-electron chi connectivity index (χ0n) is 10.9. The Morgan fingerprint density at radius 1 is 1.33 bits per heavy atom. The Morgan fingerprint density at radius 3 is 2.00 bits per heavy atom. The summed E-state index contributed by atoms with van der Waals surface area (Å²) < 4.78 is 0. The van der Waals surface area contributed by atoms with Crippen molar-refractivity contribution in [3.05, 3.63) is 0 Å². The van der Waals surface area contributed by atoms with Crippen LogP contribution in [0.5, 0.6) is 0 Å². The third kappa shape index (κ3) is 3.49. The van der Waals surface area contributed by atoms with E-state index in [1.165, 1.54) is 0 Å². The minimum absolute atomic E-state index is 0.258. The van der Waals surface area contributed by atoms with E-state index in [0.29, 0.717) is 12.3 Å². The quantitative estimate of drug-likeness (QED) is 0.740. The van der Waals surface area contributed by atoms with Crippen LogP contribution in [0.3, 0.4) is 0 Å². The molecule has 0 radical (unpaired) electrons. The second-order valence-electron chi connectivity index (χ2n) is 5.07. The first-order chi connectivity index (χ1) is 6.75. The molecule has 1 unspecified atom stereocenters. The molecule has 0 aliphatic rings. The van der Waals surface area contributed by atoms with Gasteiger partial charge < -0.3 is 5.11 Å². The molecule has 0 heterocycles. The second kappa shape index (κ2) is 5.50.